The summed E-state index contributed by atoms with van der Waals surface area (Å²) in [6.45, 7) is 6.51. The van der Waals surface area contributed by atoms with Crippen LogP contribution in [0.5, 0.6) is 0 Å². The van der Waals surface area contributed by atoms with E-state index in [1.54, 1.807) is 16.2 Å². The molecule has 2 N–H and O–H groups in total. The molecule has 1 aromatic heterocycles. The zero-order valence-electron chi connectivity index (χ0n) is 29.4. The predicted molar refractivity (Wildman–Crippen MR) is 200 cm³/mol. The van der Waals surface area contributed by atoms with Crippen molar-refractivity contribution in [1.82, 2.24) is 15.5 Å². The Hall–Kier alpha value is -5.03. The van der Waals surface area contributed by atoms with Crippen molar-refractivity contribution in [2.75, 3.05) is 20.3 Å². The number of nitrogens with zero attached hydrogens (tertiary/aromatic N) is 1. The number of methoxy groups -OCH3 is 1. The van der Waals surface area contributed by atoms with Crippen molar-refractivity contribution in [3.63, 3.8) is 0 Å². The first kappa shape index (κ1) is 37.2. The monoisotopic (exact) mass is 707 g/mol. The molecule has 0 fully saturated rings. The SMILES string of the molecule is CCOC(OCC)[C@H](C)N(Cc1csc2ccccc12)C(=O)[C@H](CC(=O)NC(c1ccccc1)(c1ccccc1)c1ccccc1)NC(=O)OC. The summed E-state index contributed by atoms with van der Waals surface area (Å²) >= 11 is 1.59. The highest BCUT2D eigenvalue weighted by Gasteiger charge is 2.40. The minimum Gasteiger partial charge on any atom is -0.453 e. The second kappa shape index (κ2) is 17.8. The maximum absolute atomic E-state index is 14.8. The number of alkyl carbamates (subject to hydrolysis) is 1. The molecule has 5 aromatic rings. The molecule has 0 unspecified atom stereocenters. The van der Waals surface area contributed by atoms with Crippen LogP contribution >= 0.6 is 11.3 Å². The number of carbonyl (C=O) groups is 3. The Morgan fingerprint density at radius 1 is 0.765 bits per heavy atom. The number of carbonyl (C=O) groups excluding carboxylic acids is 3. The third-order valence-electron chi connectivity index (χ3n) is 8.84. The number of hydrogen-bond acceptors (Lipinski definition) is 7. The zero-order chi connectivity index (χ0) is 36.2. The van der Waals surface area contributed by atoms with Crippen LogP contribution in [0, 0.1) is 0 Å². The largest absolute Gasteiger partial charge is 0.453 e. The summed E-state index contributed by atoms with van der Waals surface area (Å²) in [6.07, 6.45) is -1.95. The molecule has 0 aliphatic carbocycles. The first-order valence-corrected chi connectivity index (χ1v) is 18.0. The van der Waals surface area contributed by atoms with E-state index >= 15 is 0 Å². The molecule has 266 valence electrons. The minimum atomic E-state index is -1.28. The van der Waals surface area contributed by atoms with E-state index in [0.29, 0.717) is 13.2 Å². The summed E-state index contributed by atoms with van der Waals surface area (Å²) < 4.78 is 17.9. The lowest BCUT2D eigenvalue weighted by Crippen LogP contribution is -2.56. The molecule has 5 rings (SSSR count). The summed E-state index contributed by atoms with van der Waals surface area (Å²) in [5.74, 6) is -0.937. The highest BCUT2D eigenvalue weighted by Crippen LogP contribution is 2.37. The maximum Gasteiger partial charge on any atom is 0.407 e. The normalized spacial score (nSPS) is 12.6. The summed E-state index contributed by atoms with van der Waals surface area (Å²) in [5, 5.41) is 9.02. The fourth-order valence-electron chi connectivity index (χ4n) is 6.39. The molecular weight excluding hydrogens is 663 g/mol. The molecule has 3 amide bonds. The number of ether oxygens (including phenoxy) is 3. The summed E-state index contributed by atoms with van der Waals surface area (Å²) in [7, 11) is 1.22. The third kappa shape index (κ3) is 8.65. The highest BCUT2D eigenvalue weighted by molar-refractivity contribution is 7.17. The molecule has 1 heterocycles. The number of fused-ring (bicyclic) bond motifs is 1. The van der Waals surface area contributed by atoms with Crippen LogP contribution < -0.4 is 10.6 Å². The van der Waals surface area contributed by atoms with Gasteiger partial charge in [-0.15, -0.1) is 11.3 Å². The molecule has 9 nitrogen and oxygen atoms in total. The van der Waals surface area contributed by atoms with E-state index in [1.165, 1.54) is 7.11 Å². The van der Waals surface area contributed by atoms with Gasteiger partial charge in [0.2, 0.25) is 11.8 Å². The highest BCUT2D eigenvalue weighted by atomic mass is 32.1. The number of hydrogen-bond donors (Lipinski definition) is 2. The molecule has 0 spiro atoms. The van der Waals surface area contributed by atoms with Gasteiger partial charge in [-0.05, 0) is 59.9 Å². The van der Waals surface area contributed by atoms with Crippen LogP contribution in [-0.2, 0) is 35.9 Å². The fourth-order valence-corrected chi connectivity index (χ4v) is 7.35. The van der Waals surface area contributed by atoms with Crippen LogP contribution in [0.4, 0.5) is 4.79 Å². The predicted octanol–water partition coefficient (Wildman–Crippen LogP) is 7.24. The number of nitrogens with one attached hydrogen (secondary N) is 2. The Labute approximate surface area is 303 Å². The fraction of sp³-hybridized carbons (Fsp3) is 0.293. The van der Waals surface area contributed by atoms with Gasteiger partial charge in [-0.25, -0.2) is 4.79 Å². The van der Waals surface area contributed by atoms with E-state index in [0.717, 1.165) is 32.3 Å². The standard InChI is InChI=1S/C41H45N3O6S/c1-5-49-39(50-6-2)29(3)44(27-30-28-51-36-25-17-16-24-34(30)36)38(46)35(42-40(47)48-4)26-37(45)43-41(31-18-10-7-11-19-31,32-20-12-8-13-21-32)33-22-14-9-15-23-33/h7-25,28-29,35,39H,5-6,26-27H2,1-4H3,(H,42,47)(H,43,45)/t29-,35-/m0/s1. The van der Waals surface area contributed by atoms with Crippen molar-refractivity contribution >= 4 is 39.3 Å². The van der Waals surface area contributed by atoms with Gasteiger partial charge in [0.25, 0.3) is 0 Å². The van der Waals surface area contributed by atoms with Gasteiger partial charge in [-0.2, -0.15) is 0 Å². The second-order valence-corrected chi connectivity index (χ2v) is 12.9. The molecule has 0 saturated heterocycles. The van der Waals surface area contributed by atoms with Gasteiger partial charge in [0.05, 0.1) is 19.6 Å². The van der Waals surface area contributed by atoms with E-state index in [1.807, 2.05) is 141 Å². The van der Waals surface area contributed by atoms with Crippen LogP contribution in [0.3, 0.4) is 0 Å². The van der Waals surface area contributed by atoms with Gasteiger partial charge in [-0.1, -0.05) is 109 Å². The molecule has 4 aromatic carbocycles. The van der Waals surface area contributed by atoms with E-state index in [2.05, 4.69) is 10.6 Å². The smallest absolute Gasteiger partial charge is 0.407 e. The first-order valence-electron chi connectivity index (χ1n) is 17.1. The Kier molecular flexibility index (Phi) is 13.0. The molecule has 2 atom stereocenters. The molecule has 0 saturated carbocycles. The van der Waals surface area contributed by atoms with Gasteiger partial charge in [0, 0.05) is 24.5 Å². The topological polar surface area (TPSA) is 106 Å². The average Bonchev–Trinajstić information content (AvgIpc) is 3.58. The van der Waals surface area contributed by atoms with E-state index < -0.39 is 41.8 Å². The Bertz CT molecular complexity index is 1770. The lowest BCUT2D eigenvalue weighted by atomic mass is 9.77. The quantitative estimate of drug-likeness (QED) is 0.0828. The molecule has 10 heteroatoms. The third-order valence-corrected chi connectivity index (χ3v) is 9.86. The summed E-state index contributed by atoms with van der Waals surface area (Å²) in [6, 6.07) is 35.2. The number of benzene rings is 4. The number of thiophene rings is 1. The number of amides is 3. The van der Waals surface area contributed by atoms with Crippen molar-refractivity contribution in [3.8, 4) is 0 Å². The average molecular weight is 708 g/mol. The van der Waals surface area contributed by atoms with Gasteiger partial charge in [0.1, 0.15) is 11.6 Å². The zero-order valence-corrected chi connectivity index (χ0v) is 30.2. The van der Waals surface area contributed by atoms with Crippen molar-refractivity contribution in [2.24, 2.45) is 0 Å². The Morgan fingerprint density at radius 2 is 1.27 bits per heavy atom. The molecule has 51 heavy (non-hydrogen) atoms. The summed E-state index contributed by atoms with van der Waals surface area (Å²) in [5.41, 5.74) is 2.30. The van der Waals surface area contributed by atoms with Gasteiger partial charge in [0.15, 0.2) is 6.29 Å². The summed E-state index contributed by atoms with van der Waals surface area (Å²) in [4.78, 5) is 43.7. The first-order chi connectivity index (χ1) is 24.8. The van der Waals surface area contributed by atoms with Crippen LogP contribution in [0.1, 0.15) is 49.4 Å². The van der Waals surface area contributed by atoms with Crippen molar-refractivity contribution in [1.29, 1.82) is 0 Å². The molecular formula is C41H45N3O6S. The maximum atomic E-state index is 14.8. The van der Waals surface area contributed by atoms with Crippen molar-refractivity contribution in [2.45, 2.75) is 57.6 Å². The second-order valence-electron chi connectivity index (χ2n) is 12.0. The lowest BCUT2D eigenvalue weighted by Gasteiger charge is -2.38. The van der Waals surface area contributed by atoms with Crippen LogP contribution in [0.15, 0.2) is 121 Å². The van der Waals surface area contributed by atoms with Gasteiger partial charge in [-0.3, -0.25) is 9.59 Å². The van der Waals surface area contributed by atoms with E-state index in [9.17, 15) is 14.4 Å². The molecule has 0 aliphatic rings. The van der Waals surface area contributed by atoms with Gasteiger partial charge < -0.3 is 29.7 Å². The number of rotatable bonds is 16. The van der Waals surface area contributed by atoms with Crippen LogP contribution in [0.2, 0.25) is 0 Å². The minimum absolute atomic E-state index is 0.198. The lowest BCUT2D eigenvalue weighted by molar-refractivity contribution is -0.179. The molecule has 0 radical (unpaired) electrons. The van der Waals surface area contributed by atoms with Crippen LogP contribution in [0.25, 0.3) is 10.1 Å². The van der Waals surface area contributed by atoms with Crippen molar-refractivity contribution in [3.05, 3.63) is 143 Å². The Balaban J connectivity index is 1.55. The van der Waals surface area contributed by atoms with E-state index in [-0.39, 0.29) is 13.0 Å². The van der Waals surface area contributed by atoms with Crippen molar-refractivity contribution < 1.29 is 28.6 Å². The Morgan fingerprint density at radius 3 is 1.78 bits per heavy atom. The van der Waals surface area contributed by atoms with Gasteiger partial charge >= 0.3 is 6.09 Å². The molecule has 0 aliphatic heterocycles. The van der Waals surface area contributed by atoms with Crippen LogP contribution in [-0.4, -0.2) is 61.5 Å². The molecule has 0 bridgehead atoms. The van der Waals surface area contributed by atoms with E-state index in [4.69, 9.17) is 14.2 Å².